The van der Waals surface area contributed by atoms with Gasteiger partial charge in [0.2, 0.25) is 5.91 Å². The molecular formula is C19H28N2O2. The monoisotopic (exact) mass is 316 g/mol. The van der Waals surface area contributed by atoms with Crippen LogP contribution in [0.3, 0.4) is 0 Å². The Labute approximate surface area is 139 Å². The number of rotatable bonds is 7. The molecule has 0 aromatic heterocycles. The van der Waals surface area contributed by atoms with Crippen molar-refractivity contribution in [2.24, 2.45) is 0 Å². The second-order valence-corrected chi connectivity index (χ2v) is 6.26. The number of piperidine rings is 1. The van der Waals surface area contributed by atoms with Crippen molar-refractivity contribution in [1.29, 1.82) is 0 Å². The predicted octanol–water partition coefficient (Wildman–Crippen LogP) is 4.22. The number of likely N-dealkylation sites (tertiary alicyclic amines) is 1. The van der Waals surface area contributed by atoms with Gasteiger partial charge in [0.05, 0.1) is 11.3 Å². The summed E-state index contributed by atoms with van der Waals surface area (Å²) in [6, 6.07) is 7.35. The minimum atomic E-state index is -0.00000257. The Morgan fingerprint density at radius 2 is 1.78 bits per heavy atom. The van der Waals surface area contributed by atoms with E-state index in [4.69, 9.17) is 0 Å². The summed E-state index contributed by atoms with van der Waals surface area (Å²) >= 11 is 0. The third-order valence-electron chi connectivity index (χ3n) is 4.33. The van der Waals surface area contributed by atoms with E-state index in [-0.39, 0.29) is 11.8 Å². The molecule has 1 heterocycles. The van der Waals surface area contributed by atoms with Crippen molar-refractivity contribution < 1.29 is 9.59 Å². The summed E-state index contributed by atoms with van der Waals surface area (Å²) in [4.78, 5) is 26.7. The first kappa shape index (κ1) is 17.5. The van der Waals surface area contributed by atoms with Gasteiger partial charge in [-0.2, -0.15) is 0 Å². The molecule has 1 N–H and O–H groups in total. The van der Waals surface area contributed by atoms with Crippen molar-refractivity contribution in [2.75, 3.05) is 18.4 Å². The van der Waals surface area contributed by atoms with Crippen molar-refractivity contribution in [1.82, 2.24) is 4.90 Å². The first-order valence-corrected chi connectivity index (χ1v) is 8.90. The van der Waals surface area contributed by atoms with E-state index in [9.17, 15) is 9.59 Å². The van der Waals surface area contributed by atoms with E-state index in [2.05, 4.69) is 12.2 Å². The topological polar surface area (TPSA) is 49.4 Å². The number of hydrogen-bond acceptors (Lipinski definition) is 2. The van der Waals surface area contributed by atoms with E-state index in [1.807, 2.05) is 29.2 Å². The smallest absolute Gasteiger partial charge is 0.255 e. The Morgan fingerprint density at radius 3 is 2.52 bits per heavy atom. The number of nitrogens with one attached hydrogen (secondary N) is 1. The van der Waals surface area contributed by atoms with Crippen molar-refractivity contribution in [3.63, 3.8) is 0 Å². The van der Waals surface area contributed by atoms with Gasteiger partial charge in [-0.1, -0.05) is 38.3 Å². The fourth-order valence-corrected chi connectivity index (χ4v) is 2.97. The summed E-state index contributed by atoms with van der Waals surface area (Å²) in [6.07, 6.45) is 8.16. The molecule has 1 aliphatic rings. The molecule has 4 nitrogen and oxygen atoms in total. The van der Waals surface area contributed by atoms with Gasteiger partial charge in [0.25, 0.3) is 5.91 Å². The van der Waals surface area contributed by atoms with Crippen LogP contribution in [0.5, 0.6) is 0 Å². The Bertz CT molecular complexity index is 522. The average Bonchev–Trinajstić information content (AvgIpc) is 2.59. The average molecular weight is 316 g/mol. The van der Waals surface area contributed by atoms with Gasteiger partial charge in [-0.05, 0) is 37.8 Å². The summed E-state index contributed by atoms with van der Waals surface area (Å²) in [7, 11) is 0. The highest BCUT2D eigenvalue weighted by Gasteiger charge is 2.21. The van der Waals surface area contributed by atoms with E-state index in [0.29, 0.717) is 17.7 Å². The quantitative estimate of drug-likeness (QED) is 0.766. The van der Waals surface area contributed by atoms with Gasteiger partial charge in [-0.15, -0.1) is 0 Å². The van der Waals surface area contributed by atoms with Crippen LogP contribution in [0.25, 0.3) is 0 Å². The van der Waals surface area contributed by atoms with E-state index in [0.717, 1.165) is 51.6 Å². The summed E-state index contributed by atoms with van der Waals surface area (Å²) in [5, 5.41) is 2.92. The molecule has 0 aliphatic carbocycles. The number of nitrogens with zero attached hydrogens (tertiary/aromatic N) is 1. The minimum absolute atomic E-state index is 0.00000257. The van der Waals surface area contributed by atoms with E-state index in [1.54, 1.807) is 0 Å². The Kier molecular flexibility index (Phi) is 7.11. The molecule has 1 aliphatic heterocycles. The third-order valence-corrected chi connectivity index (χ3v) is 4.33. The molecule has 126 valence electrons. The first-order chi connectivity index (χ1) is 11.2. The zero-order chi connectivity index (χ0) is 16.5. The Balaban J connectivity index is 1.96. The first-order valence-electron chi connectivity index (χ1n) is 8.90. The van der Waals surface area contributed by atoms with Crippen LogP contribution < -0.4 is 5.32 Å². The normalized spacial score (nSPS) is 14.6. The van der Waals surface area contributed by atoms with Gasteiger partial charge in [-0.25, -0.2) is 0 Å². The highest BCUT2D eigenvalue weighted by Crippen LogP contribution is 2.20. The number of carbonyl (C=O) groups excluding carboxylic acids is 2. The van der Waals surface area contributed by atoms with Gasteiger partial charge >= 0.3 is 0 Å². The Morgan fingerprint density at radius 1 is 1.04 bits per heavy atom. The SMILES string of the molecule is CCCCCCC(=O)Nc1ccccc1C(=O)N1CCCCC1. The van der Waals surface area contributed by atoms with Crippen LogP contribution in [0.2, 0.25) is 0 Å². The van der Waals surface area contributed by atoms with Crippen molar-refractivity contribution in [3.8, 4) is 0 Å². The molecular weight excluding hydrogens is 288 g/mol. The summed E-state index contributed by atoms with van der Waals surface area (Å²) in [6.45, 7) is 3.79. The number of hydrogen-bond donors (Lipinski definition) is 1. The number of carbonyl (C=O) groups is 2. The van der Waals surface area contributed by atoms with E-state index >= 15 is 0 Å². The minimum Gasteiger partial charge on any atom is -0.339 e. The second kappa shape index (κ2) is 9.33. The van der Waals surface area contributed by atoms with Crippen molar-refractivity contribution in [2.45, 2.75) is 58.3 Å². The molecule has 1 aromatic rings. The molecule has 2 amide bonds. The molecule has 2 rings (SSSR count). The standard InChI is InChI=1S/C19H28N2O2/c1-2-3-4-6-13-18(22)20-17-12-8-7-11-16(17)19(23)21-14-9-5-10-15-21/h7-8,11-12H,2-6,9-10,13-15H2,1H3,(H,20,22). The maximum absolute atomic E-state index is 12.7. The number of amides is 2. The van der Waals surface area contributed by atoms with Gasteiger partial charge in [0.1, 0.15) is 0 Å². The lowest BCUT2D eigenvalue weighted by Crippen LogP contribution is -2.36. The van der Waals surface area contributed by atoms with E-state index in [1.165, 1.54) is 6.42 Å². The molecule has 1 saturated heterocycles. The third kappa shape index (κ3) is 5.38. The van der Waals surface area contributed by atoms with Gasteiger partial charge in [-0.3, -0.25) is 9.59 Å². The molecule has 0 radical (unpaired) electrons. The van der Waals surface area contributed by atoms with E-state index < -0.39 is 0 Å². The zero-order valence-corrected chi connectivity index (χ0v) is 14.1. The summed E-state index contributed by atoms with van der Waals surface area (Å²) in [5.41, 5.74) is 1.25. The number of anilines is 1. The molecule has 23 heavy (non-hydrogen) atoms. The molecule has 0 saturated carbocycles. The number of para-hydroxylation sites is 1. The maximum Gasteiger partial charge on any atom is 0.255 e. The van der Waals surface area contributed by atoms with Crippen LogP contribution in [-0.2, 0) is 4.79 Å². The molecule has 0 unspecified atom stereocenters. The molecule has 0 spiro atoms. The lowest BCUT2D eigenvalue weighted by atomic mass is 10.1. The van der Waals surface area contributed by atoms with Crippen LogP contribution in [0.4, 0.5) is 5.69 Å². The lowest BCUT2D eigenvalue weighted by molar-refractivity contribution is -0.116. The predicted molar refractivity (Wildman–Crippen MR) is 93.6 cm³/mol. The lowest BCUT2D eigenvalue weighted by Gasteiger charge is -2.27. The second-order valence-electron chi connectivity index (χ2n) is 6.26. The number of unbranched alkanes of at least 4 members (excludes halogenated alkanes) is 3. The van der Waals surface area contributed by atoms with Gasteiger partial charge in [0, 0.05) is 19.5 Å². The van der Waals surface area contributed by atoms with Crippen LogP contribution >= 0.6 is 0 Å². The number of benzene rings is 1. The van der Waals surface area contributed by atoms with Crippen LogP contribution in [-0.4, -0.2) is 29.8 Å². The van der Waals surface area contributed by atoms with Gasteiger partial charge in [0.15, 0.2) is 0 Å². The Hall–Kier alpha value is -1.84. The van der Waals surface area contributed by atoms with Crippen molar-refractivity contribution >= 4 is 17.5 Å². The van der Waals surface area contributed by atoms with Gasteiger partial charge < -0.3 is 10.2 Å². The fraction of sp³-hybridized carbons (Fsp3) is 0.579. The zero-order valence-electron chi connectivity index (χ0n) is 14.1. The van der Waals surface area contributed by atoms with Crippen LogP contribution in [0.1, 0.15) is 68.6 Å². The summed E-state index contributed by atoms with van der Waals surface area (Å²) in [5.74, 6) is 0.0339. The molecule has 0 atom stereocenters. The largest absolute Gasteiger partial charge is 0.339 e. The molecule has 1 aromatic carbocycles. The van der Waals surface area contributed by atoms with Crippen LogP contribution in [0, 0.1) is 0 Å². The summed E-state index contributed by atoms with van der Waals surface area (Å²) < 4.78 is 0. The van der Waals surface area contributed by atoms with Crippen LogP contribution in [0.15, 0.2) is 24.3 Å². The highest BCUT2D eigenvalue weighted by atomic mass is 16.2. The molecule has 1 fully saturated rings. The highest BCUT2D eigenvalue weighted by molar-refractivity contribution is 6.03. The molecule has 4 heteroatoms. The fourth-order valence-electron chi connectivity index (χ4n) is 2.97. The maximum atomic E-state index is 12.7. The van der Waals surface area contributed by atoms with Crippen molar-refractivity contribution in [3.05, 3.63) is 29.8 Å². The molecule has 0 bridgehead atoms.